The van der Waals surface area contributed by atoms with E-state index in [1.54, 1.807) is 0 Å². The fourth-order valence-corrected chi connectivity index (χ4v) is 4.53. The molecule has 25 heavy (non-hydrogen) atoms. The fourth-order valence-electron chi connectivity index (χ4n) is 3.37. The molecule has 124 valence electrons. The van der Waals surface area contributed by atoms with Gasteiger partial charge in [-0.1, -0.05) is 85.5 Å². The molecule has 4 aromatic rings. The lowest BCUT2D eigenvalue weighted by atomic mass is 10.0. The van der Waals surface area contributed by atoms with Gasteiger partial charge in [0, 0.05) is 16.8 Å². The van der Waals surface area contributed by atoms with Gasteiger partial charge >= 0.3 is 0 Å². The molecule has 0 aliphatic heterocycles. The second-order valence-electron chi connectivity index (χ2n) is 7.64. The average Bonchev–Trinajstić information content (AvgIpc) is 2.62. The number of benzene rings is 4. The predicted octanol–water partition coefficient (Wildman–Crippen LogP) is 6.28. The van der Waals surface area contributed by atoms with E-state index in [1.807, 2.05) is 0 Å². The van der Waals surface area contributed by atoms with Crippen LogP contribution in [0.1, 0.15) is 0 Å². The van der Waals surface area contributed by atoms with Crippen LogP contribution in [0.5, 0.6) is 0 Å². The highest BCUT2D eigenvalue weighted by Crippen LogP contribution is 2.33. The molecule has 0 atom stereocenters. The van der Waals surface area contributed by atoms with Crippen LogP contribution in [0.3, 0.4) is 0 Å². The molecular formula is C23H23NSi. The second-order valence-corrected chi connectivity index (χ2v) is 12.7. The lowest BCUT2D eigenvalue weighted by molar-refractivity contribution is 1.59. The first-order valence-corrected chi connectivity index (χ1v) is 12.3. The maximum Gasteiger partial charge on any atom is 0.0775 e. The van der Waals surface area contributed by atoms with E-state index in [-0.39, 0.29) is 0 Å². The van der Waals surface area contributed by atoms with Gasteiger partial charge in [0.25, 0.3) is 0 Å². The maximum atomic E-state index is 3.63. The standard InChI is InChI=1S/C23H23NSi/c1-25(2,3)19-14-12-18(13-15-19)24-23-16-17-8-4-5-9-20(17)21-10-6-7-11-22(21)23/h4-16,24H,1-3H3. The van der Waals surface area contributed by atoms with E-state index < -0.39 is 8.07 Å². The highest BCUT2D eigenvalue weighted by Gasteiger charge is 2.15. The van der Waals surface area contributed by atoms with E-state index in [0.717, 1.165) is 11.4 Å². The summed E-state index contributed by atoms with van der Waals surface area (Å²) in [5.74, 6) is 0. The lowest BCUT2D eigenvalue weighted by Gasteiger charge is -2.18. The molecule has 0 heterocycles. The van der Waals surface area contributed by atoms with Gasteiger partial charge in [-0.3, -0.25) is 0 Å². The normalized spacial score (nSPS) is 11.8. The first kappa shape index (κ1) is 15.9. The van der Waals surface area contributed by atoms with E-state index in [9.17, 15) is 0 Å². The van der Waals surface area contributed by atoms with Crippen molar-refractivity contribution < 1.29 is 0 Å². The molecule has 0 fully saturated rings. The maximum absolute atomic E-state index is 3.63. The molecule has 0 aliphatic carbocycles. The largest absolute Gasteiger partial charge is 0.355 e. The van der Waals surface area contributed by atoms with Crippen LogP contribution in [-0.2, 0) is 0 Å². The molecule has 0 saturated heterocycles. The van der Waals surface area contributed by atoms with Crippen LogP contribution in [0.25, 0.3) is 21.5 Å². The molecule has 1 nitrogen and oxygen atoms in total. The van der Waals surface area contributed by atoms with Crippen molar-refractivity contribution in [2.24, 2.45) is 0 Å². The quantitative estimate of drug-likeness (QED) is 0.341. The zero-order valence-corrected chi connectivity index (χ0v) is 16.0. The Labute approximate surface area is 150 Å². The van der Waals surface area contributed by atoms with Crippen LogP contribution in [0, 0.1) is 0 Å². The Morgan fingerprint density at radius 2 is 1.24 bits per heavy atom. The van der Waals surface area contributed by atoms with Crippen LogP contribution in [0.2, 0.25) is 19.6 Å². The lowest BCUT2D eigenvalue weighted by Crippen LogP contribution is -2.37. The molecule has 0 aliphatic rings. The summed E-state index contributed by atoms with van der Waals surface area (Å²) in [5.41, 5.74) is 2.30. The number of hydrogen-bond acceptors (Lipinski definition) is 1. The van der Waals surface area contributed by atoms with Gasteiger partial charge in [0.15, 0.2) is 0 Å². The van der Waals surface area contributed by atoms with Crippen LogP contribution in [0.4, 0.5) is 11.4 Å². The highest BCUT2D eigenvalue weighted by molar-refractivity contribution is 6.88. The average molecular weight is 342 g/mol. The van der Waals surface area contributed by atoms with Crippen molar-refractivity contribution in [3.05, 3.63) is 78.9 Å². The minimum absolute atomic E-state index is 1.14. The van der Waals surface area contributed by atoms with Crippen molar-refractivity contribution in [3.8, 4) is 0 Å². The Morgan fingerprint density at radius 3 is 1.92 bits per heavy atom. The zero-order valence-electron chi connectivity index (χ0n) is 15.0. The van der Waals surface area contributed by atoms with Crippen molar-refractivity contribution in [2.45, 2.75) is 19.6 Å². The minimum Gasteiger partial charge on any atom is -0.355 e. The van der Waals surface area contributed by atoms with Gasteiger partial charge in [-0.15, -0.1) is 0 Å². The van der Waals surface area contributed by atoms with Crippen LogP contribution >= 0.6 is 0 Å². The van der Waals surface area contributed by atoms with Gasteiger partial charge in [0.1, 0.15) is 0 Å². The van der Waals surface area contributed by atoms with E-state index in [1.165, 1.54) is 26.7 Å². The van der Waals surface area contributed by atoms with Gasteiger partial charge in [-0.05, 0) is 34.4 Å². The Morgan fingerprint density at radius 1 is 0.640 bits per heavy atom. The third-order valence-electron chi connectivity index (χ3n) is 4.80. The van der Waals surface area contributed by atoms with Gasteiger partial charge in [0.05, 0.1) is 8.07 Å². The van der Waals surface area contributed by atoms with Crippen molar-refractivity contribution in [1.82, 2.24) is 0 Å². The number of hydrogen-bond donors (Lipinski definition) is 1. The number of rotatable bonds is 3. The fraction of sp³-hybridized carbons (Fsp3) is 0.130. The Kier molecular flexibility index (Phi) is 3.85. The summed E-state index contributed by atoms with van der Waals surface area (Å²) in [7, 11) is -1.26. The molecule has 0 unspecified atom stereocenters. The smallest absolute Gasteiger partial charge is 0.0775 e. The molecule has 2 heteroatoms. The zero-order chi connectivity index (χ0) is 17.4. The van der Waals surface area contributed by atoms with E-state index in [2.05, 4.69) is 104 Å². The van der Waals surface area contributed by atoms with Crippen LogP contribution < -0.4 is 10.5 Å². The molecule has 4 rings (SSSR count). The Bertz CT molecular complexity index is 1040. The van der Waals surface area contributed by atoms with Crippen molar-refractivity contribution >= 4 is 46.2 Å². The summed E-state index contributed by atoms with van der Waals surface area (Å²) in [6.07, 6.45) is 0. The topological polar surface area (TPSA) is 12.0 Å². The van der Waals surface area contributed by atoms with E-state index in [4.69, 9.17) is 0 Å². The number of fused-ring (bicyclic) bond motifs is 3. The molecule has 0 radical (unpaired) electrons. The first-order valence-electron chi connectivity index (χ1n) is 8.80. The van der Waals surface area contributed by atoms with Crippen LogP contribution in [0.15, 0.2) is 78.9 Å². The summed E-state index contributed by atoms with van der Waals surface area (Å²) in [5, 5.41) is 10.2. The van der Waals surface area contributed by atoms with Crippen molar-refractivity contribution in [2.75, 3.05) is 5.32 Å². The SMILES string of the molecule is C[Si](C)(C)c1ccc(Nc2cc3ccccc3c3ccccc23)cc1. The van der Waals surface area contributed by atoms with Gasteiger partial charge in [-0.25, -0.2) is 0 Å². The first-order chi connectivity index (χ1) is 12.0. The third kappa shape index (κ3) is 3.05. The number of anilines is 2. The van der Waals surface area contributed by atoms with Gasteiger partial charge in [0.2, 0.25) is 0 Å². The Hall–Kier alpha value is -2.58. The molecule has 1 N–H and O–H groups in total. The molecule has 0 amide bonds. The van der Waals surface area contributed by atoms with Gasteiger partial charge in [-0.2, -0.15) is 0 Å². The van der Waals surface area contributed by atoms with Crippen LogP contribution in [-0.4, -0.2) is 8.07 Å². The highest BCUT2D eigenvalue weighted by atomic mass is 28.3. The monoisotopic (exact) mass is 341 g/mol. The molecule has 0 spiro atoms. The molecule has 0 bridgehead atoms. The minimum atomic E-state index is -1.26. The van der Waals surface area contributed by atoms with E-state index >= 15 is 0 Å². The summed E-state index contributed by atoms with van der Waals surface area (Å²) < 4.78 is 0. The second kappa shape index (κ2) is 6.05. The number of nitrogens with one attached hydrogen (secondary N) is 1. The molecule has 0 aromatic heterocycles. The summed E-state index contributed by atoms with van der Waals surface area (Å²) >= 11 is 0. The summed E-state index contributed by atoms with van der Waals surface area (Å²) in [4.78, 5) is 0. The molecular weight excluding hydrogens is 318 g/mol. The predicted molar refractivity (Wildman–Crippen MR) is 114 cm³/mol. The molecule has 4 aromatic carbocycles. The summed E-state index contributed by atoms with van der Waals surface area (Å²) in [6.45, 7) is 7.14. The van der Waals surface area contributed by atoms with Gasteiger partial charge < -0.3 is 5.32 Å². The van der Waals surface area contributed by atoms with Crippen molar-refractivity contribution in [3.63, 3.8) is 0 Å². The van der Waals surface area contributed by atoms with E-state index in [0.29, 0.717) is 0 Å². The van der Waals surface area contributed by atoms with Crippen molar-refractivity contribution in [1.29, 1.82) is 0 Å². The summed E-state index contributed by atoms with van der Waals surface area (Å²) in [6, 6.07) is 28.4. The third-order valence-corrected chi connectivity index (χ3v) is 6.86. The Balaban J connectivity index is 1.80. The molecule has 0 saturated carbocycles.